The summed E-state index contributed by atoms with van der Waals surface area (Å²) in [5, 5.41) is 19.5. The zero-order valence-corrected chi connectivity index (χ0v) is 11.8. The predicted octanol–water partition coefficient (Wildman–Crippen LogP) is 2.14. The molecule has 2 N–H and O–H groups in total. The van der Waals surface area contributed by atoms with E-state index in [1.165, 1.54) is 0 Å². The number of rotatable bonds is 4. The highest BCUT2D eigenvalue weighted by Crippen LogP contribution is 2.30. The summed E-state index contributed by atoms with van der Waals surface area (Å²) in [4.78, 5) is 17.2. The molecule has 5 nitrogen and oxygen atoms in total. The lowest BCUT2D eigenvalue weighted by Crippen LogP contribution is -2.44. The number of para-hydroxylation sites is 1. The summed E-state index contributed by atoms with van der Waals surface area (Å²) in [6.45, 7) is 3.74. The van der Waals surface area contributed by atoms with E-state index in [4.69, 9.17) is 0 Å². The first-order valence-electron chi connectivity index (χ1n) is 6.34. The quantitative estimate of drug-likeness (QED) is 0.893. The van der Waals surface area contributed by atoms with Gasteiger partial charge in [0.2, 0.25) is 0 Å². The number of hydrogen-bond acceptors (Lipinski definition) is 4. The molecule has 0 fully saturated rings. The van der Waals surface area contributed by atoms with E-state index in [0.717, 1.165) is 11.1 Å². The number of carboxylic acid groups (broad SMARTS) is 1. The molecular weight excluding hydrogens is 256 g/mol. The van der Waals surface area contributed by atoms with Crippen LogP contribution in [-0.2, 0) is 0 Å². The van der Waals surface area contributed by atoms with Crippen LogP contribution in [0.25, 0.3) is 10.9 Å². The number of hydrogen-bond donors (Lipinski definition) is 2. The molecule has 0 aliphatic carbocycles. The number of anilines is 1. The van der Waals surface area contributed by atoms with Crippen LogP contribution in [0.15, 0.2) is 30.3 Å². The van der Waals surface area contributed by atoms with E-state index in [1.54, 1.807) is 12.1 Å². The molecule has 2 rings (SSSR count). The maximum Gasteiger partial charge on any atom is 0.354 e. The van der Waals surface area contributed by atoms with Crippen molar-refractivity contribution in [2.45, 2.75) is 19.4 Å². The maximum atomic E-state index is 11.2. The van der Waals surface area contributed by atoms with Crippen LogP contribution >= 0.6 is 0 Å². The van der Waals surface area contributed by atoms with E-state index in [9.17, 15) is 15.0 Å². The monoisotopic (exact) mass is 274 g/mol. The minimum atomic E-state index is -1.06. The Hall–Kier alpha value is -2.14. The van der Waals surface area contributed by atoms with Gasteiger partial charge in [0.1, 0.15) is 0 Å². The average Bonchev–Trinajstić information content (AvgIpc) is 2.45. The number of aromatic carboxylic acids is 1. The Labute approximate surface area is 117 Å². The van der Waals surface area contributed by atoms with Gasteiger partial charge in [0.05, 0.1) is 17.7 Å². The zero-order chi connectivity index (χ0) is 14.9. The van der Waals surface area contributed by atoms with Crippen LogP contribution in [0.1, 0.15) is 24.3 Å². The summed E-state index contributed by atoms with van der Waals surface area (Å²) >= 11 is 0. The first kappa shape index (κ1) is 14.3. The number of aliphatic hydroxyl groups is 1. The van der Waals surface area contributed by atoms with Crippen LogP contribution in [0.2, 0.25) is 0 Å². The van der Waals surface area contributed by atoms with Crippen molar-refractivity contribution in [2.75, 3.05) is 18.6 Å². The minimum absolute atomic E-state index is 0.000658. The molecule has 0 saturated heterocycles. The fourth-order valence-electron chi connectivity index (χ4n) is 1.98. The Morgan fingerprint density at radius 1 is 1.35 bits per heavy atom. The second-order valence-corrected chi connectivity index (χ2v) is 5.38. The van der Waals surface area contributed by atoms with Crippen molar-refractivity contribution >= 4 is 22.6 Å². The van der Waals surface area contributed by atoms with Gasteiger partial charge in [-0.2, -0.15) is 0 Å². The Kier molecular flexibility index (Phi) is 3.63. The van der Waals surface area contributed by atoms with Crippen LogP contribution < -0.4 is 4.90 Å². The van der Waals surface area contributed by atoms with E-state index < -0.39 is 11.5 Å². The van der Waals surface area contributed by atoms with E-state index in [0.29, 0.717) is 5.52 Å². The molecule has 2 aromatic rings. The number of fused-ring (bicyclic) bond motifs is 1. The summed E-state index contributed by atoms with van der Waals surface area (Å²) in [5.74, 6) is -1.06. The third kappa shape index (κ3) is 2.44. The number of pyridine rings is 1. The summed E-state index contributed by atoms with van der Waals surface area (Å²) < 4.78 is 0. The van der Waals surface area contributed by atoms with Crippen molar-refractivity contribution in [3.05, 3.63) is 36.0 Å². The minimum Gasteiger partial charge on any atom is -0.477 e. The Morgan fingerprint density at radius 3 is 2.60 bits per heavy atom. The molecule has 0 bridgehead atoms. The molecule has 5 heteroatoms. The van der Waals surface area contributed by atoms with Gasteiger partial charge in [0, 0.05) is 18.1 Å². The van der Waals surface area contributed by atoms with Gasteiger partial charge in [0.15, 0.2) is 5.69 Å². The highest BCUT2D eigenvalue weighted by molar-refractivity contribution is 5.97. The van der Waals surface area contributed by atoms with Gasteiger partial charge < -0.3 is 15.1 Å². The van der Waals surface area contributed by atoms with Crippen molar-refractivity contribution in [2.24, 2.45) is 0 Å². The summed E-state index contributed by atoms with van der Waals surface area (Å²) in [6, 6.07) is 8.93. The van der Waals surface area contributed by atoms with Gasteiger partial charge in [-0.3, -0.25) is 0 Å². The molecule has 0 atom stereocenters. The number of aromatic nitrogens is 1. The lowest BCUT2D eigenvalue weighted by molar-refractivity contribution is 0.0691. The van der Waals surface area contributed by atoms with Crippen LogP contribution in [0.3, 0.4) is 0 Å². The van der Waals surface area contributed by atoms with E-state index in [-0.39, 0.29) is 12.3 Å². The third-order valence-electron chi connectivity index (χ3n) is 3.57. The standard InChI is InChI=1S/C15H18N2O3/c1-15(2,9-18)17(3)13-8-12(14(19)20)16-11-7-5-4-6-10(11)13/h4-8,18H,9H2,1-3H3,(H,19,20). The van der Waals surface area contributed by atoms with Crippen LogP contribution in [0.5, 0.6) is 0 Å². The van der Waals surface area contributed by atoms with Gasteiger partial charge >= 0.3 is 5.97 Å². The lowest BCUT2D eigenvalue weighted by atomic mass is 10.0. The molecule has 0 unspecified atom stereocenters. The van der Waals surface area contributed by atoms with Gasteiger partial charge in [-0.15, -0.1) is 0 Å². The van der Waals surface area contributed by atoms with Gasteiger partial charge in [-0.1, -0.05) is 18.2 Å². The van der Waals surface area contributed by atoms with E-state index in [1.807, 2.05) is 44.0 Å². The zero-order valence-electron chi connectivity index (χ0n) is 11.8. The molecule has 0 saturated carbocycles. The van der Waals surface area contributed by atoms with Crippen molar-refractivity contribution in [3.8, 4) is 0 Å². The molecule has 0 amide bonds. The summed E-state index contributed by atoms with van der Waals surface area (Å²) in [5.41, 5.74) is 0.870. The topological polar surface area (TPSA) is 73.7 Å². The normalized spacial score (nSPS) is 11.6. The average molecular weight is 274 g/mol. The smallest absolute Gasteiger partial charge is 0.354 e. The van der Waals surface area contributed by atoms with Crippen LogP contribution in [0, 0.1) is 0 Å². The molecule has 1 aromatic carbocycles. The van der Waals surface area contributed by atoms with Crippen molar-refractivity contribution in [3.63, 3.8) is 0 Å². The Bertz CT molecular complexity index is 653. The van der Waals surface area contributed by atoms with Crippen molar-refractivity contribution in [1.29, 1.82) is 0 Å². The lowest BCUT2D eigenvalue weighted by Gasteiger charge is -2.36. The number of aliphatic hydroxyl groups excluding tert-OH is 1. The van der Waals surface area contributed by atoms with Gasteiger partial charge in [0.25, 0.3) is 0 Å². The highest BCUT2D eigenvalue weighted by atomic mass is 16.4. The molecule has 20 heavy (non-hydrogen) atoms. The summed E-state index contributed by atoms with van der Waals surface area (Å²) in [6.07, 6.45) is 0. The molecule has 1 heterocycles. The fraction of sp³-hybridized carbons (Fsp3) is 0.333. The number of benzene rings is 1. The van der Waals surface area contributed by atoms with E-state index >= 15 is 0 Å². The molecule has 1 aromatic heterocycles. The van der Waals surface area contributed by atoms with Crippen molar-refractivity contribution < 1.29 is 15.0 Å². The first-order chi connectivity index (χ1) is 9.36. The van der Waals surface area contributed by atoms with Crippen LogP contribution in [0.4, 0.5) is 5.69 Å². The van der Waals surface area contributed by atoms with E-state index in [2.05, 4.69) is 4.98 Å². The molecule has 0 aliphatic rings. The number of nitrogens with zero attached hydrogens (tertiary/aromatic N) is 2. The second-order valence-electron chi connectivity index (χ2n) is 5.38. The molecular formula is C15H18N2O3. The van der Waals surface area contributed by atoms with Gasteiger partial charge in [-0.05, 0) is 26.0 Å². The number of likely N-dealkylation sites (N-methyl/N-ethyl adjacent to an activating group) is 1. The summed E-state index contributed by atoms with van der Waals surface area (Å²) in [7, 11) is 1.84. The predicted molar refractivity (Wildman–Crippen MR) is 78.3 cm³/mol. The molecule has 106 valence electrons. The molecule has 0 radical (unpaired) electrons. The highest BCUT2D eigenvalue weighted by Gasteiger charge is 2.25. The SMILES string of the molecule is CN(c1cc(C(=O)O)nc2ccccc12)C(C)(C)CO. The Morgan fingerprint density at radius 2 is 2.00 bits per heavy atom. The number of carbonyl (C=O) groups is 1. The van der Waals surface area contributed by atoms with Crippen LogP contribution in [-0.4, -0.2) is 40.4 Å². The largest absolute Gasteiger partial charge is 0.477 e. The molecule has 0 aliphatic heterocycles. The molecule has 0 spiro atoms. The maximum absolute atomic E-state index is 11.2. The number of carboxylic acids is 1. The second kappa shape index (κ2) is 5.09. The van der Waals surface area contributed by atoms with Gasteiger partial charge in [-0.25, -0.2) is 9.78 Å². The first-order valence-corrected chi connectivity index (χ1v) is 6.34. The Balaban J connectivity index is 2.70. The third-order valence-corrected chi connectivity index (χ3v) is 3.57. The van der Waals surface area contributed by atoms with Crippen molar-refractivity contribution in [1.82, 2.24) is 4.98 Å². The fourth-order valence-corrected chi connectivity index (χ4v) is 1.98.